The summed E-state index contributed by atoms with van der Waals surface area (Å²) >= 11 is 14.5. The number of benzene rings is 2. The van der Waals surface area contributed by atoms with Crippen LogP contribution < -0.4 is 0 Å². The first-order valence-corrected chi connectivity index (χ1v) is 14.8. The third-order valence-corrected chi connectivity index (χ3v) is 8.93. The van der Waals surface area contributed by atoms with Crippen molar-refractivity contribution in [2.75, 3.05) is 13.1 Å². The maximum atomic E-state index is 13.8. The lowest BCUT2D eigenvalue weighted by Gasteiger charge is -2.38. The topological polar surface area (TPSA) is 40.6 Å². The smallest absolute Gasteiger partial charge is 0.254 e. The minimum Gasteiger partial charge on any atom is -0.330 e. The van der Waals surface area contributed by atoms with Gasteiger partial charge in [-0.2, -0.15) is 0 Å². The number of rotatable bonds is 9. The van der Waals surface area contributed by atoms with Gasteiger partial charge in [-0.25, -0.2) is 0 Å². The summed E-state index contributed by atoms with van der Waals surface area (Å²) < 4.78 is 0. The second-order valence-electron chi connectivity index (χ2n) is 10.0. The zero-order chi connectivity index (χ0) is 25.9. The van der Waals surface area contributed by atoms with Gasteiger partial charge in [-0.05, 0) is 84.5 Å². The van der Waals surface area contributed by atoms with E-state index < -0.39 is 0 Å². The second kappa shape index (κ2) is 11.6. The highest BCUT2D eigenvalue weighted by Crippen LogP contribution is 2.41. The highest BCUT2D eigenvalue weighted by atomic mass is 35.5. The Morgan fingerprint density at radius 1 is 1.03 bits per heavy atom. The van der Waals surface area contributed by atoms with E-state index in [1.54, 1.807) is 22.3 Å². The largest absolute Gasteiger partial charge is 0.330 e. The van der Waals surface area contributed by atoms with Gasteiger partial charge >= 0.3 is 0 Å². The van der Waals surface area contributed by atoms with Gasteiger partial charge in [0.1, 0.15) is 6.54 Å². The monoisotopic (exact) mass is 554 g/mol. The molecule has 0 spiro atoms. The molecule has 4 nitrogen and oxygen atoms in total. The summed E-state index contributed by atoms with van der Waals surface area (Å²) in [6.07, 6.45) is 7.27. The minimum atomic E-state index is -0.286. The van der Waals surface area contributed by atoms with Gasteiger partial charge in [0.05, 0.1) is 6.04 Å². The maximum Gasteiger partial charge on any atom is 0.254 e. The number of halogens is 2. The molecule has 7 heteroatoms. The number of unbranched alkanes of at least 4 members (excludes halogenated alkanes) is 2. The molecule has 194 valence electrons. The highest BCUT2D eigenvalue weighted by Gasteiger charge is 2.39. The number of fused-ring (bicyclic) bond motifs is 1. The van der Waals surface area contributed by atoms with Gasteiger partial charge in [0.2, 0.25) is 5.91 Å². The van der Waals surface area contributed by atoms with Crippen LogP contribution in [0.1, 0.15) is 77.0 Å². The van der Waals surface area contributed by atoms with Crippen molar-refractivity contribution in [2.45, 2.75) is 64.0 Å². The molecule has 1 atom stereocenters. The first-order valence-electron chi connectivity index (χ1n) is 13.2. The third kappa shape index (κ3) is 5.89. The number of carbonyl (C=O) groups is 2. The Kier molecular flexibility index (Phi) is 8.23. The molecule has 0 saturated heterocycles. The fraction of sp³-hybridized carbons (Fsp3) is 0.400. The van der Waals surface area contributed by atoms with Crippen molar-refractivity contribution in [3.63, 3.8) is 0 Å². The molecule has 3 aromatic rings. The summed E-state index contributed by atoms with van der Waals surface area (Å²) in [4.78, 5) is 32.3. The maximum absolute atomic E-state index is 13.8. The molecule has 1 saturated carbocycles. The van der Waals surface area contributed by atoms with E-state index in [4.69, 9.17) is 23.2 Å². The number of carbonyl (C=O) groups excluding carboxylic acids is 2. The fourth-order valence-electron chi connectivity index (χ4n) is 5.19. The molecule has 1 fully saturated rings. The van der Waals surface area contributed by atoms with Crippen molar-refractivity contribution in [3.05, 3.63) is 91.1 Å². The number of nitrogens with zero attached hydrogens (tertiary/aromatic N) is 2. The van der Waals surface area contributed by atoms with Gasteiger partial charge in [0.15, 0.2) is 0 Å². The van der Waals surface area contributed by atoms with Crippen LogP contribution in [0.5, 0.6) is 0 Å². The summed E-state index contributed by atoms with van der Waals surface area (Å²) in [6, 6.07) is 15.3. The molecule has 2 heterocycles. The predicted molar refractivity (Wildman–Crippen MR) is 152 cm³/mol. The Balaban J connectivity index is 1.36. The van der Waals surface area contributed by atoms with Crippen LogP contribution in [0.3, 0.4) is 0 Å². The number of aryl methyl sites for hydroxylation is 1. The quantitative estimate of drug-likeness (QED) is 0.256. The zero-order valence-electron chi connectivity index (χ0n) is 21.1. The van der Waals surface area contributed by atoms with Gasteiger partial charge < -0.3 is 9.80 Å². The van der Waals surface area contributed by atoms with Crippen LogP contribution in [0.15, 0.2) is 53.9 Å². The van der Waals surface area contributed by atoms with Gasteiger partial charge in [-0.1, -0.05) is 61.2 Å². The average molecular weight is 556 g/mol. The SMILES string of the molecule is CCCCCc1ccc(C(=O)N(CC(=O)N2CCc3sccc3C2c2ccc(Cl)cc2Cl)C2CC2)cc1. The molecule has 1 aromatic heterocycles. The predicted octanol–water partition coefficient (Wildman–Crippen LogP) is 7.57. The molecule has 0 bridgehead atoms. The normalized spacial score (nSPS) is 16.9. The van der Waals surface area contributed by atoms with Gasteiger partial charge in [0.25, 0.3) is 5.91 Å². The second-order valence-corrected chi connectivity index (χ2v) is 11.9. The van der Waals surface area contributed by atoms with Crippen molar-refractivity contribution in [1.82, 2.24) is 9.80 Å². The van der Waals surface area contributed by atoms with E-state index in [2.05, 4.69) is 30.5 Å². The first-order chi connectivity index (χ1) is 18.0. The van der Waals surface area contributed by atoms with E-state index in [0.717, 1.165) is 43.2 Å². The standard InChI is InChI=1S/C30H32Cl2N2O2S/c1-2-3-4-5-20-6-8-21(9-7-20)30(36)34(23-11-12-23)19-28(35)33-16-14-27-25(15-17-37-27)29(33)24-13-10-22(31)18-26(24)32/h6-10,13,15,17-18,23,29H,2-5,11-12,14,16,19H2,1H3. The van der Waals surface area contributed by atoms with Crippen molar-refractivity contribution in [1.29, 1.82) is 0 Å². The summed E-state index contributed by atoms with van der Waals surface area (Å²) in [5, 5.41) is 3.18. The molecule has 2 amide bonds. The van der Waals surface area contributed by atoms with Crippen LogP contribution in [-0.2, 0) is 17.6 Å². The Labute approximate surface area is 233 Å². The fourth-order valence-corrected chi connectivity index (χ4v) is 6.61. The van der Waals surface area contributed by atoms with Gasteiger partial charge in [0, 0.05) is 33.1 Å². The molecule has 2 aliphatic rings. The highest BCUT2D eigenvalue weighted by molar-refractivity contribution is 7.10. The van der Waals surface area contributed by atoms with Crippen LogP contribution in [0.2, 0.25) is 10.0 Å². The van der Waals surface area contributed by atoms with Crippen molar-refractivity contribution in [3.8, 4) is 0 Å². The summed E-state index contributed by atoms with van der Waals surface area (Å²) in [6.45, 7) is 2.86. The molecular formula is C30H32Cl2N2O2S. The average Bonchev–Trinajstić information content (AvgIpc) is 3.62. The van der Waals surface area contributed by atoms with E-state index in [0.29, 0.717) is 22.2 Å². The Hall–Kier alpha value is -2.34. The minimum absolute atomic E-state index is 0.0516. The summed E-state index contributed by atoms with van der Waals surface area (Å²) in [5.41, 5.74) is 3.87. The van der Waals surface area contributed by atoms with E-state index >= 15 is 0 Å². The molecule has 2 aromatic carbocycles. The lowest BCUT2D eigenvalue weighted by atomic mass is 9.93. The summed E-state index contributed by atoms with van der Waals surface area (Å²) in [5.74, 6) is -0.116. The molecule has 1 aliphatic carbocycles. The Bertz CT molecular complexity index is 1270. The summed E-state index contributed by atoms with van der Waals surface area (Å²) in [7, 11) is 0. The van der Waals surface area contributed by atoms with E-state index in [1.165, 1.54) is 23.3 Å². The molecule has 1 unspecified atom stereocenters. The van der Waals surface area contributed by atoms with Crippen molar-refractivity contribution in [2.24, 2.45) is 0 Å². The Morgan fingerprint density at radius 3 is 2.51 bits per heavy atom. The van der Waals surface area contributed by atoms with Crippen LogP contribution in [0.25, 0.3) is 0 Å². The van der Waals surface area contributed by atoms with Crippen molar-refractivity contribution >= 4 is 46.4 Å². The molecule has 0 N–H and O–H groups in total. The lowest BCUT2D eigenvalue weighted by molar-refractivity contribution is -0.134. The number of amides is 2. The van der Waals surface area contributed by atoms with Crippen LogP contribution in [0.4, 0.5) is 0 Å². The third-order valence-electron chi connectivity index (χ3n) is 7.37. The van der Waals surface area contributed by atoms with Crippen molar-refractivity contribution < 1.29 is 9.59 Å². The van der Waals surface area contributed by atoms with Gasteiger partial charge in [-0.15, -0.1) is 11.3 Å². The van der Waals surface area contributed by atoms with Crippen LogP contribution in [-0.4, -0.2) is 40.7 Å². The number of hydrogen-bond donors (Lipinski definition) is 0. The molecule has 37 heavy (non-hydrogen) atoms. The Morgan fingerprint density at radius 2 is 1.81 bits per heavy atom. The molecule has 5 rings (SSSR count). The molecule has 0 radical (unpaired) electrons. The van der Waals surface area contributed by atoms with E-state index in [1.807, 2.05) is 29.2 Å². The van der Waals surface area contributed by atoms with Gasteiger partial charge in [-0.3, -0.25) is 9.59 Å². The number of hydrogen-bond acceptors (Lipinski definition) is 3. The molecular weight excluding hydrogens is 523 g/mol. The van der Waals surface area contributed by atoms with E-state index in [9.17, 15) is 9.59 Å². The lowest BCUT2D eigenvalue weighted by Crippen LogP contribution is -2.47. The first kappa shape index (κ1) is 26.3. The van der Waals surface area contributed by atoms with Crippen LogP contribution >= 0.6 is 34.5 Å². The zero-order valence-corrected chi connectivity index (χ0v) is 23.4. The number of thiophene rings is 1. The van der Waals surface area contributed by atoms with E-state index in [-0.39, 0.29) is 30.4 Å². The molecule has 1 aliphatic heterocycles. The van der Waals surface area contributed by atoms with Crippen LogP contribution in [0, 0.1) is 0 Å².